The van der Waals surface area contributed by atoms with Gasteiger partial charge in [-0.2, -0.15) is 0 Å². The lowest BCUT2D eigenvalue weighted by molar-refractivity contribution is -0.148. The maximum absolute atomic E-state index is 13.3. The summed E-state index contributed by atoms with van der Waals surface area (Å²) in [6, 6.07) is 20.8. The number of nitrogens with zero attached hydrogens (tertiary/aromatic N) is 1. The minimum absolute atomic E-state index is 0.137. The summed E-state index contributed by atoms with van der Waals surface area (Å²) in [4.78, 5) is 27.0. The van der Waals surface area contributed by atoms with Crippen molar-refractivity contribution in [3.8, 4) is 17.2 Å². The number of ether oxygens (including phenoxy) is 3. The van der Waals surface area contributed by atoms with Crippen molar-refractivity contribution in [2.45, 2.75) is 19.0 Å². The van der Waals surface area contributed by atoms with Gasteiger partial charge in [0.05, 0.1) is 7.11 Å². The number of benzene rings is 3. The monoisotopic (exact) mass is 459 g/mol. The average Bonchev–Trinajstić information content (AvgIpc) is 3.33. The van der Waals surface area contributed by atoms with E-state index in [4.69, 9.17) is 14.2 Å². The van der Waals surface area contributed by atoms with Crippen LogP contribution in [0.4, 0.5) is 0 Å². The second-order valence-electron chi connectivity index (χ2n) is 7.80. The smallest absolute Gasteiger partial charge is 0.326 e. The fraction of sp³-hybridized carbons (Fsp3) is 0.185. The first-order valence-corrected chi connectivity index (χ1v) is 10.8. The van der Waals surface area contributed by atoms with Crippen LogP contribution in [0.1, 0.15) is 16.7 Å². The van der Waals surface area contributed by atoms with E-state index in [0.717, 1.165) is 16.7 Å². The van der Waals surface area contributed by atoms with Crippen LogP contribution in [0.5, 0.6) is 17.2 Å². The molecule has 7 nitrogen and oxygen atoms in total. The molecule has 34 heavy (non-hydrogen) atoms. The molecule has 0 fully saturated rings. The Morgan fingerprint density at radius 1 is 1.00 bits per heavy atom. The molecule has 0 saturated carbocycles. The molecule has 4 rings (SSSR count). The summed E-state index contributed by atoms with van der Waals surface area (Å²) in [5, 5.41) is 10.0. The van der Waals surface area contributed by atoms with Crippen LogP contribution in [0.2, 0.25) is 0 Å². The van der Waals surface area contributed by atoms with E-state index in [1.807, 2.05) is 48.5 Å². The Morgan fingerprint density at radius 3 is 2.44 bits per heavy atom. The first-order valence-electron chi connectivity index (χ1n) is 10.8. The molecule has 1 heterocycles. The molecule has 1 N–H and O–H groups in total. The van der Waals surface area contributed by atoms with Gasteiger partial charge in [-0.25, -0.2) is 4.79 Å². The molecule has 0 aliphatic carbocycles. The first kappa shape index (κ1) is 22.9. The van der Waals surface area contributed by atoms with Gasteiger partial charge >= 0.3 is 5.97 Å². The molecular weight excluding hydrogens is 434 g/mol. The number of fused-ring (bicyclic) bond motifs is 1. The normalized spacial score (nSPS) is 13.0. The number of hydrogen-bond donors (Lipinski definition) is 1. The molecule has 0 radical (unpaired) electrons. The van der Waals surface area contributed by atoms with Gasteiger partial charge in [-0.05, 0) is 47.0 Å². The standard InChI is InChI=1S/C27H25NO6/c1-32-22-11-7-21(8-12-22)17-28(23(27(30)31)15-19-5-3-2-4-6-19)26(29)14-10-20-9-13-24-25(16-20)34-18-33-24/h2-14,16,23H,15,17-18H2,1H3,(H,30,31)/b14-10+/t23-/m0/s1. The van der Waals surface area contributed by atoms with E-state index in [1.165, 1.54) is 11.0 Å². The molecule has 0 saturated heterocycles. The van der Waals surface area contributed by atoms with Crippen molar-refractivity contribution in [1.29, 1.82) is 0 Å². The lowest BCUT2D eigenvalue weighted by Crippen LogP contribution is -2.45. The highest BCUT2D eigenvalue weighted by Crippen LogP contribution is 2.32. The number of aliphatic carboxylic acids is 1. The van der Waals surface area contributed by atoms with Gasteiger partial charge in [0.2, 0.25) is 12.7 Å². The Hall–Kier alpha value is -4.26. The highest BCUT2D eigenvalue weighted by Gasteiger charge is 2.29. The summed E-state index contributed by atoms with van der Waals surface area (Å²) >= 11 is 0. The number of carboxylic acid groups (broad SMARTS) is 1. The number of methoxy groups -OCH3 is 1. The highest BCUT2D eigenvalue weighted by molar-refractivity contribution is 5.94. The van der Waals surface area contributed by atoms with Crippen LogP contribution in [0.25, 0.3) is 6.08 Å². The predicted molar refractivity (Wildman–Crippen MR) is 127 cm³/mol. The van der Waals surface area contributed by atoms with Gasteiger partial charge in [0.15, 0.2) is 11.5 Å². The first-order chi connectivity index (χ1) is 16.5. The minimum atomic E-state index is -1.07. The van der Waals surface area contributed by atoms with Crippen LogP contribution in [-0.4, -0.2) is 41.8 Å². The van der Waals surface area contributed by atoms with E-state index in [-0.39, 0.29) is 19.8 Å². The van der Waals surface area contributed by atoms with E-state index in [2.05, 4.69) is 0 Å². The average molecular weight is 459 g/mol. The number of amides is 1. The molecule has 1 amide bonds. The molecule has 7 heteroatoms. The Kier molecular flexibility index (Phi) is 7.13. The number of hydrogen-bond acceptors (Lipinski definition) is 5. The minimum Gasteiger partial charge on any atom is -0.497 e. The number of rotatable bonds is 9. The van der Waals surface area contributed by atoms with Gasteiger partial charge in [0.1, 0.15) is 11.8 Å². The highest BCUT2D eigenvalue weighted by atomic mass is 16.7. The van der Waals surface area contributed by atoms with Gasteiger partial charge in [0, 0.05) is 19.0 Å². The lowest BCUT2D eigenvalue weighted by Gasteiger charge is -2.28. The zero-order chi connectivity index (χ0) is 23.9. The van der Waals surface area contributed by atoms with E-state index >= 15 is 0 Å². The second kappa shape index (κ2) is 10.6. The third-order valence-corrected chi connectivity index (χ3v) is 5.54. The number of carbonyl (C=O) groups excluding carboxylic acids is 1. The van der Waals surface area contributed by atoms with Crippen molar-refractivity contribution in [1.82, 2.24) is 4.90 Å². The van der Waals surface area contributed by atoms with Crippen LogP contribution in [0.3, 0.4) is 0 Å². The quantitative estimate of drug-likeness (QED) is 0.484. The molecule has 0 spiro atoms. The van der Waals surface area contributed by atoms with Gasteiger partial charge < -0.3 is 24.2 Å². The van der Waals surface area contributed by atoms with Crippen molar-refractivity contribution in [3.05, 3.63) is 95.6 Å². The van der Waals surface area contributed by atoms with Gasteiger partial charge in [-0.15, -0.1) is 0 Å². The summed E-state index contributed by atoms with van der Waals surface area (Å²) < 4.78 is 15.9. The molecule has 1 aliphatic heterocycles. The van der Waals surface area contributed by atoms with Crippen molar-refractivity contribution >= 4 is 18.0 Å². The van der Waals surface area contributed by atoms with Crippen LogP contribution in [0.15, 0.2) is 78.9 Å². The van der Waals surface area contributed by atoms with Crippen molar-refractivity contribution in [2.75, 3.05) is 13.9 Å². The van der Waals surface area contributed by atoms with Crippen molar-refractivity contribution < 1.29 is 28.9 Å². The van der Waals surface area contributed by atoms with E-state index in [1.54, 1.807) is 37.5 Å². The van der Waals surface area contributed by atoms with Crippen molar-refractivity contribution in [3.63, 3.8) is 0 Å². The Bertz CT molecular complexity index is 1170. The van der Waals surface area contributed by atoms with Crippen LogP contribution in [0, 0.1) is 0 Å². The van der Waals surface area contributed by atoms with Crippen LogP contribution in [-0.2, 0) is 22.6 Å². The van der Waals surface area contributed by atoms with Gasteiger partial charge in [-0.3, -0.25) is 4.79 Å². The van der Waals surface area contributed by atoms with E-state index in [9.17, 15) is 14.7 Å². The van der Waals surface area contributed by atoms with Gasteiger partial charge in [-0.1, -0.05) is 48.5 Å². The number of carboxylic acids is 1. The Labute approximate surface area is 197 Å². The molecule has 1 aliphatic rings. The molecular formula is C27H25NO6. The van der Waals surface area contributed by atoms with E-state index in [0.29, 0.717) is 17.2 Å². The zero-order valence-corrected chi connectivity index (χ0v) is 18.7. The molecule has 174 valence electrons. The summed E-state index contributed by atoms with van der Waals surface area (Å²) in [6.45, 7) is 0.301. The fourth-order valence-corrected chi connectivity index (χ4v) is 3.72. The van der Waals surface area contributed by atoms with Crippen LogP contribution < -0.4 is 14.2 Å². The maximum Gasteiger partial charge on any atom is 0.326 e. The molecule has 0 unspecified atom stereocenters. The zero-order valence-electron chi connectivity index (χ0n) is 18.7. The molecule has 3 aromatic carbocycles. The lowest BCUT2D eigenvalue weighted by atomic mass is 10.0. The fourth-order valence-electron chi connectivity index (χ4n) is 3.72. The number of carbonyl (C=O) groups is 2. The maximum atomic E-state index is 13.3. The largest absolute Gasteiger partial charge is 0.497 e. The third kappa shape index (κ3) is 5.56. The third-order valence-electron chi connectivity index (χ3n) is 5.54. The Balaban J connectivity index is 1.60. The summed E-state index contributed by atoms with van der Waals surface area (Å²) in [5.41, 5.74) is 2.38. The topological polar surface area (TPSA) is 85.3 Å². The second-order valence-corrected chi connectivity index (χ2v) is 7.80. The molecule has 0 bridgehead atoms. The summed E-state index contributed by atoms with van der Waals surface area (Å²) in [6.07, 6.45) is 3.23. The SMILES string of the molecule is COc1ccc(CN(C(=O)/C=C/c2ccc3c(c2)OCO3)[C@@H](Cc2ccccc2)C(=O)O)cc1. The summed E-state index contributed by atoms with van der Waals surface area (Å²) in [5.74, 6) is 0.470. The summed E-state index contributed by atoms with van der Waals surface area (Å²) in [7, 11) is 1.58. The van der Waals surface area contributed by atoms with E-state index < -0.39 is 17.9 Å². The van der Waals surface area contributed by atoms with Crippen molar-refractivity contribution in [2.24, 2.45) is 0 Å². The molecule has 3 aromatic rings. The predicted octanol–water partition coefficient (Wildman–Crippen LogP) is 4.16. The van der Waals surface area contributed by atoms with Gasteiger partial charge in [0.25, 0.3) is 0 Å². The van der Waals surface area contributed by atoms with Crippen LogP contribution >= 0.6 is 0 Å². The molecule has 0 aromatic heterocycles. The molecule has 1 atom stereocenters. The Morgan fingerprint density at radius 2 is 1.74 bits per heavy atom.